The van der Waals surface area contributed by atoms with Gasteiger partial charge in [-0.1, -0.05) is 18.2 Å². The summed E-state index contributed by atoms with van der Waals surface area (Å²) < 4.78 is 7.84. The van der Waals surface area contributed by atoms with Crippen molar-refractivity contribution in [2.24, 2.45) is 0 Å². The number of piperazine rings is 1. The Balaban J connectivity index is 1.77. The quantitative estimate of drug-likeness (QED) is 0.845. The summed E-state index contributed by atoms with van der Waals surface area (Å²) in [7, 11) is 3.95. The zero-order valence-electron chi connectivity index (χ0n) is 15.1. The van der Waals surface area contributed by atoms with Gasteiger partial charge in [-0.05, 0) is 27.0 Å². The molecule has 3 rings (SSSR count). The molecule has 0 spiro atoms. The van der Waals surface area contributed by atoms with E-state index in [1.54, 1.807) is 7.11 Å². The van der Waals surface area contributed by atoms with Crippen LogP contribution in [0.25, 0.3) is 0 Å². The second-order valence-electron chi connectivity index (χ2n) is 6.82. The lowest BCUT2D eigenvalue weighted by Gasteiger charge is -2.40. The molecule has 5 heteroatoms. The third-order valence-electron chi connectivity index (χ3n) is 4.90. The van der Waals surface area contributed by atoms with E-state index in [1.165, 1.54) is 5.56 Å². The summed E-state index contributed by atoms with van der Waals surface area (Å²) in [5, 5.41) is 0. The molecule has 0 saturated carbocycles. The molecule has 1 aliphatic heterocycles. The standard InChI is InChI=1S/C19H28N4O/c1-15(2)23-10-9-20-19(23)14-22-12-11-21(3)17(13-22)16-7-5-6-8-18(16)24-4/h5-10,15,17H,11-14H2,1-4H3/t17-/m0/s1. The van der Waals surface area contributed by atoms with Gasteiger partial charge < -0.3 is 9.30 Å². The molecule has 1 aromatic carbocycles. The number of methoxy groups -OCH3 is 1. The first kappa shape index (κ1) is 17.0. The fourth-order valence-corrected chi connectivity index (χ4v) is 3.49. The molecule has 2 aromatic rings. The van der Waals surface area contributed by atoms with Crippen molar-refractivity contribution in [3.63, 3.8) is 0 Å². The summed E-state index contributed by atoms with van der Waals surface area (Å²) in [5.74, 6) is 2.12. The van der Waals surface area contributed by atoms with Crippen molar-refractivity contribution in [3.05, 3.63) is 48.0 Å². The second-order valence-corrected chi connectivity index (χ2v) is 6.82. The lowest BCUT2D eigenvalue weighted by atomic mass is 10.0. The molecule has 0 unspecified atom stereocenters. The van der Waals surface area contributed by atoms with Gasteiger partial charge in [0.15, 0.2) is 0 Å². The minimum atomic E-state index is 0.345. The van der Waals surface area contributed by atoms with Gasteiger partial charge in [0.1, 0.15) is 11.6 Å². The first-order valence-electron chi connectivity index (χ1n) is 8.67. The topological polar surface area (TPSA) is 33.5 Å². The molecule has 0 aliphatic carbocycles. The van der Waals surface area contributed by atoms with Crippen molar-refractivity contribution in [2.45, 2.75) is 32.5 Å². The number of rotatable bonds is 5. The van der Waals surface area contributed by atoms with Crippen LogP contribution in [0, 0.1) is 0 Å². The maximum absolute atomic E-state index is 5.58. The Hall–Kier alpha value is -1.85. The number of para-hydroxylation sites is 1. The van der Waals surface area contributed by atoms with E-state index in [0.717, 1.165) is 37.8 Å². The summed E-state index contributed by atoms with van der Waals surface area (Å²) in [6.45, 7) is 8.39. The van der Waals surface area contributed by atoms with Crippen LogP contribution in [-0.2, 0) is 6.54 Å². The molecule has 0 amide bonds. The minimum Gasteiger partial charge on any atom is -0.496 e. The van der Waals surface area contributed by atoms with Crippen LogP contribution in [0.1, 0.15) is 37.3 Å². The highest BCUT2D eigenvalue weighted by Gasteiger charge is 2.28. The highest BCUT2D eigenvalue weighted by molar-refractivity contribution is 5.36. The molecule has 1 aliphatic rings. The van der Waals surface area contributed by atoms with Crippen LogP contribution in [-0.4, -0.2) is 53.1 Å². The lowest BCUT2D eigenvalue weighted by Crippen LogP contribution is -2.46. The Morgan fingerprint density at radius 1 is 1.25 bits per heavy atom. The number of benzene rings is 1. The van der Waals surface area contributed by atoms with Crippen molar-refractivity contribution in [2.75, 3.05) is 33.8 Å². The number of nitrogens with zero attached hydrogens (tertiary/aromatic N) is 4. The fraction of sp³-hybridized carbons (Fsp3) is 0.526. The Morgan fingerprint density at radius 2 is 2.04 bits per heavy atom. The van der Waals surface area contributed by atoms with Crippen LogP contribution in [0.5, 0.6) is 5.75 Å². The summed E-state index contributed by atoms with van der Waals surface area (Å²) in [6, 6.07) is 9.14. The predicted octanol–water partition coefficient (Wildman–Crippen LogP) is 2.96. The van der Waals surface area contributed by atoms with Crippen molar-refractivity contribution < 1.29 is 4.74 Å². The number of hydrogen-bond donors (Lipinski definition) is 0. The van der Waals surface area contributed by atoms with Gasteiger partial charge in [0.2, 0.25) is 0 Å². The molecule has 1 fully saturated rings. The monoisotopic (exact) mass is 328 g/mol. The van der Waals surface area contributed by atoms with E-state index in [0.29, 0.717) is 12.1 Å². The van der Waals surface area contributed by atoms with E-state index in [4.69, 9.17) is 4.74 Å². The van der Waals surface area contributed by atoms with Crippen molar-refractivity contribution >= 4 is 0 Å². The molecule has 24 heavy (non-hydrogen) atoms. The van der Waals surface area contributed by atoms with Gasteiger partial charge in [0.25, 0.3) is 0 Å². The Kier molecular flexibility index (Phi) is 5.21. The predicted molar refractivity (Wildman–Crippen MR) is 96.3 cm³/mol. The number of hydrogen-bond acceptors (Lipinski definition) is 4. The number of aromatic nitrogens is 2. The first-order chi connectivity index (χ1) is 11.6. The van der Waals surface area contributed by atoms with Gasteiger partial charge in [0.05, 0.1) is 19.7 Å². The third kappa shape index (κ3) is 3.47. The van der Waals surface area contributed by atoms with Crippen molar-refractivity contribution in [3.8, 4) is 5.75 Å². The lowest BCUT2D eigenvalue weighted by molar-refractivity contribution is 0.0861. The van der Waals surface area contributed by atoms with Gasteiger partial charge in [-0.25, -0.2) is 4.98 Å². The van der Waals surface area contributed by atoms with Crippen LogP contribution in [0.15, 0.2) is 36.7 Å². The molecular formula is C19H28N4O. The largest absolute Gasteiger partial charge is 0.496 e. The Labute approximate surface area is 144 Å². The average Bonchev–Trinajstić information content (AvgIpc) is 3.05. The van der Waals surface area contributed by atoms with Gasteiger partial charge in [0, 0.05) is 43.6 Å². The van der Waals surface area contributed by atoms with Gasteiger partial charge in [-0.2, -0.15) is 0 Å². The van der Waals surface area contributed by atoms with Crippen molar-refractivity contribution in [1.29, 1.82) is 0 Å². The maximum Gasteiger partial charge on any atom is 0.123 e. The molecular weight excluding hydrogens is 300 g/mol. The molecule has 0 radical (unpaired) electrons. The summed E-state index contributed by atoms with van der Waals surface area (Å²) in [6.07, 6.45) is 3.98. The van der Waals surface area contributed by atoms with E-state index in [9.17, 15) is 0 Å². The normalized spacial score (nSPS) is 19.8. The number of likely N-dealkylation sites (N-methyl/N-ethyl adjacent to an activating group) is 1. The molecule has 1 atom stereocenters. The summed E-state index contributed by atoms with van der Waals surface area (Å²) >= 11 is 0. The highest BCUT2D eigenvalue weighted by atomic mass is 16.5. The van der Waals surface area contributed by atoms with Crippen LogP contribution in [0.3, 0.4) is 0 Å². The Morgan fingerprint density at radius 3 is 2.79 bits per heavy atom. The van der Waals surface area contributed by atoms with E-state index >= 15 is 0 Å². The third-order valence-corrected chi connectivity index (χ3v) is 4.90. The van der Waals surface area contributed by atoms with Gasteiger partial charge in [-0.3, -0.25) is 9.80 Å². The van der Waals surface area contributed by atoms with Crippen LogP contribution in [0.2, 0.25) is 0 Å². The average molecular weight is 328 g/mol. The molecule has 5 nitrogen and oxygen atoms in total. The van der Waals surface area contributed by atoms with Gasteiger partial charge >= 0.3 is 0 Å². The molecule has 1 saturated heterocycles. The summed E-state index contributed by atoms with van der Waals surface area (Å²) in [5.41, 5.74) is 1.26. The second kappa shape index (κ2) is 7.36. The van der Waals surface area contributed by atoms with Crippen LogP contribution < -0.4 is 4.74 Å². The fourth-order valence-electron chi connectivity index (χ4n) is 3.49. The van der Waals surface area contributed by atoms with Crippen LogP contribution in [0.4, 0.5) is 0 Å². The number of imidazole rings is 1. The molecule has 0 bridgehead atoms. The molecule has 130 valence electrons. The van der Waals surface area contributed by atoms with Gasteiger partial charge in [-0.15, -0.1) is 0 Å². The zero-order valence-corrected chi connectivity index (χ0v) is 15.1. The molecule has 0 N–H and O–H groups in total. The zero-order chi connectivity index (χ0) is 17.1. The minimum absolute atomic E-state index is 0.345. The van der Waals surface area contributed by atoms with Crippen LogP contribution >= 0.6 is 0 Å². The molecule has 2 heterocycles. The summed E-state index contributed by atoms with van der Waals surface area (Å²) in [4.78, 5) is 9.48. The van der Waals surface area contributed by atoms with E-state index in [2.05, 4.69) is 58.6 Å². The van der Waals surface area contributed by atoms with E-state index in [-0.39, 0.29) is 0 Å². The van der Waals surface area contributed by atoms with E-state index in [1.807, 2.05) is 18.3 Å². The number of ether oxygens (including phenoxy) is 1. The van der Waals surface area contributed by atoms with Crippen molar-refractivity contribution in [1.82, 2.24) is 19.4 Å². The maximum atomic E-state index is 5.58. The first-order valence-corrected chi connectivity index (χ1v) is 8.67. The van der Waals surface area contributed by atoms with E-state index < -0.39 is 0 Å². The highest BCUT2D eigenvalue weighted by Crippen LogP contribution is 2.31. The smallest absolute Gasteiger partial charge is 0.123 e. The SMILES string of the molecule is COc1ccccc1[C@@H]1CN(Cc2nccn2C(C)C)CCN1C. The Bertz CT molecular complexity index is 667. The molecule has 1 aromatic heterocycles.